The molecule has 0 amide bonds. The van der Waals surface area contributed by atoms with Gasteiger partial charge in [-0.3, -0.25) is 4.79 Å². The van der Waals surface area contributed by atoms with Gasteiger partial charge in [0.15, 0.2) is 6.29 Å². The zero-order valence-corrected chi connectivity index (χ0v) is 14.5. The smallest absolute Gasteiger partial charge is 0.166 e. The fourth-order valence-corrected chi connectivity index (χ4v) is 3.17. The van der Waals surface area contributed by atoms with Crippen molar-refractivity contribution in [1.82, 2.24) is 9.38 Å². The molecular formula is C20H12Cl2N2O. The fourth-order valence-electron chi connectivity index (χ4n) is 2.86. The molecule has 2 aromatic carbocycles. The summed E-state index contributed by atoms with van der Waals surface area (Å²) in [6.45, 7) is 0. The van der Waals surface area contributed by atoms with Gasteiger partial charge in [-0.05, 0) is 35.9 Å². The van der Waals surface area contributed by atoms with Crippen LogP contribution in [0, 0.1) is 0 Å². The minimum Gasteiger partial charge on any atom is -0.303 e. The summed E-state index contributed by atoms with van der Waals surface area (Å²) in [5, 5.41) is 0.856. The second-order valence-electron chi connectivity index (χ2n) is 5.59. The quantitative estimate of drug-likeness (QED) is 0.431. The van der Waals surface area contributed by atoms with Gasteiger partial charge in [0.1, 0.15) is 0 Å². The predicted molar refractivity (Wildman–Crippen MR) is 103 cm³/mol. The number of aromatic nitrogens is 2. The molecule has 0 spiro atoms. The molecule has 0 unspecified atom stereocenters. The molecular weight excluding hydrogens is 355 g/mol. The Labute approximate surface area is 154 Å². The maximum absolute atomic E-state index is 11.4. The van der Waals surface area contributed by atoms with Crippen LogP contribution in [-0.4, -0.2) is 15.7 Å². The molecule has 0 atom stereocenters. The number of hydrogen-bond donors (Lipinski definition) is 0. The summed E-state index contributed by atoms with van der Waals surface area (Å²) >= 11 is 12.3. The lowest BCUT2D eigenvalue weighted by molar-refractivity contribution is 0.111. The Morgan fingerprint density at radius 1 is 0.880 bits per heavy atom. The first-order valence-electron chi connectivity index (χ1n) is 7.66. The third-order valence-corrected chi connectivity index (χ3v) is 4.75. The standard InChI is InChI=1S/C20H12Cl2N2O/c21-15-10-18-20(11-16(15)22)24-14(12-25)7-9-19(24)17(23-18)8-6-13-4-2-1-3-5-13/h1-12H/b8-6+. The molecule has 4 rings (SSSR count). The molecule has 25 heavy (non-hydrogen) atoms. The van der Waals surface area contributed by atoms with Gasteiger partial charge < -0.3 is 4.40 Å². The molecule has 5 heteroatoms. The lowest BCUT2D eigenvalue weighted by Gasteiger charge is -2.09. The molecule has 0 fully saturated rings. The van der Waals surface area contributed by atoms with E-state index in [9.17, 15) is 4.79 Å². The monoisotopic (exact) mass is 366 g/mol. The maximum atomic E-state index is 11.4. The zero-order chi connectivity index (χ0) is 17.4. The molecule has 2 heterocycles. The largest absolute Gasteiger partial charge is 0.303 e. The van der Waals surface area contributed by atoms with Gasteiger partial charge in [0.25, 0.3) is 0 Å². The van der Waals surface area contributed by atoms with Gasteiger partial charge in [0.05, 0.1) is 38.0 Å². The highest BCUT2D eigenvalue weighted by Gasteiger charge is 2.12. The zero-order valence-electron chi connectivity index (χ0n) is 13.0. The number of hydrogen-bond acceptors (Lipinski definition) is 2. The Hall–Kier alpha value is -2.62. The summed E-state index contributed by atoms with van der Waals surface area (Å²) in [7, 11) is 0. The van der Waals surface area contributed by atoms with E-state index in [0.717, 1.165) is 28.6 Å². The minimum absolute atomic E-state index is 0.426. The number of aldehydes is 1. The Bertz CT molecular complexity index is 1130. The molecule has 0 saturated heterocycles. The van der Waals surface area contributed by atoms with Crippen LogP contribution in [0.3, 0.4) is 0 Å². The van der Waals surface area contributed by atoms with Crippen molar-refractivity contribution >= 4 is 58.2 Å². The van der Waals surface area contributed by atoms with Gasteiger partial charge in [-0.2, -0.15) is 0 Å². The van der Waals surface area contributed by atoms with E-state index < -0.39 is 0 Å². The Balaban J connectivity index is 2.00. The van der Waals surface area contributed by atoms with Crippen molar-refractivity contribution < 1.29 is 4.79 Å². The van der Waals surface area contributed by atoms with Crippen LogP contribution in [-0.2, 0) is 0 Å². The predicted octanol–water partition coefficient (Wildman–Crippen LogP) is 5.78. The van der Waals surface area contributed by atoms with Crippen LogP contribution in [0.4, 0.5) is 0 Å². The van der Waals surface area contributed by atoms with Crippen LogP contribution >= 0.6 is 23.2 Å². The second-order valence-corrected chi connectivity index (χ2v) is 6.41. The highest BCUT2D eigenvalue weighted by atomic mass is 35.5. The molecule has 2 aromatic heterocycles. The molecule has 0 bridgehead atoms. The van der Waals surface area contributed by atoms with E-state index >= 15 is 0 Å². The normalized spacial score (nSPS) is 11.6. The van der Waals surface area contributed by atoms with Crippen LogP contribution in [0.1, 0.15) is 21.7 Å². The highest BCUT2D eigenvalue weighted by molar-refractivity contribution is 6.42. The average Bonchev–Trinajstić information content (AvgIpc) is 3.06. The van der Waals surface area contributed by atoms with E-state index in [0.29, 0.717) is 21.3 Å². The number of halogens is 2. The third-order valence-electron chi connectivity index (χ3n) is 4.03. The number of carbonyl (C=O) groups excluding carboxylic acids is 1. The lowest BCUT2D eigenvalue weighted by Crippen LogP contribution is -1.98. The first kappa shape index (κ1) is 15.9. The van der Waals surface area contributed by atoms with Crippen LogP contribution in [0.25, 0.3) is 28.7 Å². The first-order valence-corrected chi connectivity index (χ1v) is 8.41. The molecule has 0 radical (unpaired) electrons. The summed E-state index contributed by atoms with van der Waals surface area (Å²) in [5.41, 5.74) is 4.61. The van der Waals surface area contributed by atoms with E-state index in [1.165, 1.54) is 0 Å². The summed E-state index contributed by atoms with van der Waals surface area (Å²) in [6, 6.07) is 17.1. The van der Waals surface area contributed by atoms with Crippen molar-refractivity contribution in [1.29, 1.82) is 0 Å². The van der Waals surface area contributed by atoms with E-state index in [1.807, 2.05) is 53.0 Å². The van der Waals surface area contributed by atoms with E-state index in [-0.39, 0.29) is 0 Å². The van der Waals surface area contributed by atoms with Crippen LogP contribution in [0.5, 0.6) is 0 Å². The number of benzene rings is 2. The Kier molecular flexibility index (Phi) is 4.04. The molecule has 4 aromatic rings. The molecule has 0 N–H and O–H groups in total. The van der Waals surface area contributed by atoms with Crippen LogP contribution in [0.15, 0.2) is 54.6 Å². The second kappa shape index (κ2) is 6.36. The fraction of sp³-hybridized carbons (Fsp3) is 0. The number of carbonyl (C=O) groups is 1. The summed E-state index contributed by atoms with van der Waals surface area (Å²) in [5.74, 6) is 0. The Morgan fingerprint density at radius 2 is 1.64 bits per heavy atom. The molecule has 122 valence electrons. The van der Waals surface area contributed by atoms with Crippen LogP contribution in [0.2, 0.25) is 10.0 Å². The number of rotatable bonds is 3. The third kappa shape index (κ3) is 2.82. The molecule has 0 aliphatic rings. The van der Waals surface area contributed by atoms with E-state index in [1.54, 1.807) is 18.2 Å². The molecule has 3 nitrogen and oxygen atoms in total. The molecule has 0 saturated carbocycles. The Morgan fingerprint density at radius 3 is 2.40 bits per heavy atom. The van der Waals surface area contributed by atoms with Crippen molar-refractivity contribution in [3.63, 3.8) is 0 Å². The van der Waals surface area contributed by atoms with Gasteiger partial charge in [-0.15, -0.1) is 0 Å². The number of nitrogens with zero attached hydrogens (tertiary/aromatic N) is 2. The van der Waals surface area contributed by atoms with Gasteiger partial charge in [-0.25, -0.2) is 4.98 Å². The SMILES string of the molecule is O=Cc1ccc2c(/C=C/c3ccccc3)nc3cc(Cl)c(Cl)cc3n12. The lowest BCUT2D eigenvalue weighted by atomic mass is 10.2. The molecule has 0 aliphatic heterocycles. The van der Waals surface area contributed by atoms with Crippen molar-refractivity contribution in [3.05, 3.63) is 81.6 Å². The highest BCUT2D eigenvalue weighted by Crippen LogP contribution is 2.30. The molecule has 0 aliphatic carbocycles. The van der Waals surface area contributed by atoms with Crippen molar-refractivity contribution in [2.75, 3.05) is 0 Å². The first-order chi connectivity index (χ1) is 12.2. The number of fused-ring (bicyclic) bond motifs is 3. The average molecular weight is 367 g/mol. The topological polar surface area (TPSA) is 34.4 Å². The van der Waals surface area contributed by atoms with Gasteiger partial charge >= 0.3 is 0 Å². The van der Waals surface area contributed by atoms with Gasteiger partial charge in [0.2, 0.25) is 0 Å². The summed E-state index contributed by atoms with van der Waals surface area (Å²) in [6.07, 6.45) is 4.74. The maximum Gasteiger partial charge on any atom is 0.166 e. The van der Waals surface area contributed by atoms with Crippen molar-refractivity contribution in [2.24, 2.45) is 0 Å². The van der Waals surface area contributed by atoms with Crippen LogP contribution < -0.4 is 0 Å². The van der Waals surface area contributed by atoms with Crippen molar-refractivity contribution in [2.45, 2.75) is 0 Å². The summed E-state index contributed by atoms with van der Waals surface area (Å²) in [4.78, 5) is 16.2. The summed E-state index contributed by atoms with van der Waals surface area (Å²) < 4.78 is 1.85. The van der Waals surface area contributed by atoms with E-state index in [2.05, 4.69) is 0 Å². The van der Waals surface area contributed by atoms with E-state index in [4.69, 9.17) is 28.2 Å². The van der Waals surface area contributed by atoms with Gasteiger partial charge in [0, 0.05) is 0 Å². The van der Waals surface area contributed by atoms with Gasteiger partial charge in [-0.1, -0.05) is 59.6 Å². The minimum atomic E-state index is 0.426. The van der Waals surface area contributed by atoms with Crippen molar-refractivity contribution in [3.8, 4) is 0 Å².